The van der Waals surface area contributed by atoms with E-state index in [0.29, 0.717) is 0 Å². The fourth-order valence-electron chi connectivity index (χ4n) is 1.32. The van der Waals surface area contributed by atoms with Gasteiger partial charge in [-0.25, -0.2) is 8.42 Å². The lowest BCUT2D eigenvalue weighted by Gasteiger charge is -2.13. The highest BCUT2D eigenvalue weighted by atomic mass is 35.5. The van der Waals surface area contributed by atoms with Gasteiger partial charge in [-0.3, -0.25) is 4.79 Å². The molecule has 1 aromatic carbocycles. The third-order valence-electron chi connectivity index (χ3n) is 2.15. The van der Waals surface area contributed by atoms with Gasteiger partial charge < -0.3 is 10.5 Å². The second-order valence-electron chi connectivity index (χ2n) is 3.44. The second kappa shape index (κ2) is 5.03. The first-order valence-corrected chi connectivity index (χ1v) is 6.91. The normalized spacial score (nSPS) is 13.4. The third kappa shape index (κ3) is 3.18. The smallest absolute Gasteiger partial charge is 0.248 e. The van der Waals surface area contributed by atoms with E-state index in [1.54, 1.807) is 0 Å². The summed E-state index contributed by atoms with van der Waals surface area (Å²) in [4.78, 5) is 10.9. The molecule has 1 unspecified atom stereocenters. The summed E-state index contributed by atoms with van der Waals surface area (Å²) < 4.78 is 28.0. The molecule has 1 rings (SSSR count). The van der Waals surface area contributed by atoms with Crippen molar-refractivity contribution in [1.29, 1.82) is 0 Å². The summed E-state index contributed by atoms with van der Waals surface area (Å²) in [5.41, 5.74) is 4.57. The third-order valence-corrected chi connectivity index (χ3v) is 3.71. The number of halogens is 1. The summed E-state index contributed by atoms with van der Waals surface area (Å²) in [6.45, 7) is 0. The molecule has 1 aromatic rings. The van der Waals surface area contributed by atoms with Gasteiger partial charge in [0.1, 0.15) is 0 Å². The maximum atomic E-state index is 11.6. The van der Waals surface area contributed by atoms with Crippen LogP contribution in [0.2, 0.25) is 0 Å². The van der Waals surface area contributed by atoms with Gasteiger partial charge in [0.25, 0.3) is 0 Å². The monoisotopic (exact) mass is 277 g/mol. The van der Waals surface area contributed by atoms with Gasteiger partial charge in [0.2, 0.25) is 5.91 Å². The van der Waals surface area contributed by atoms with E-state index in [0.717, 1.165) is 6.26 Å². The Bertz CT molecular complexity index is 541. The zero-order valence-electron chi connectivity index (χ0n) is 9.31. The molecule has 0 bridgehead atoms. The van der Waals surface area contributed by atoms with Crippen LogP contribution in [0.25, 0.3) is 0 Å². The van der Waals surface area contributed by atoms with Gasteiger partial charge in [-0.2, -0.15) is 0 Å². The number of rotatable bonds is 4. The summed E-state index contributed by atoms with van der Waals surface area (Å²) in [6.07, 6.45) is 1.02. The quantitative estimate of drug-likeness (QED) is 0.834. The zero-order valence-corrected chi connectivity index (χ0v) is 10.9. The molecule has 0 aliphatic rings. The zero-order chi connectivity index (χ0) is 13.2. The fraction of sp³-hybridized carbons (Fsp3) is 0.300. The molecule has 0 heterocycles. The van der Waals surface area contributed by atoms with E-state index >= 15 is 0 Å². The lowest BCUT2D eigenvalue weighted by molar-refractivity contribution is 0.1000. The van der Waals surface area contributed by atoms with E-state index in [2.05, 4.69) is 0 Å². The summed E-state index contributed by atoms with van der Waals surface area (Å²) in [7, 11) is -2.16. The molecule has 0 radical (unpaired) electrons. The Kier molecular flexibility index (Phi) is 4.13. The predicted molar refractivity (Wildman–Crippen MR) is 63.7 cm³/mol. The van der Waals surface area contributed by atoms with Gasteiger partial charge in [0.15, 0.2) is 15.4 Å². The van der Waals surface area contributed by atoms with Crippen molar-refractivity contribution >= 4 is 27.3 Å². The van der Waals surface area contributed by atoms with Crippen molar-refractivity contribution in [2.24, 2.45) is 5.73 Å². The number of methoxy groups -OCH3 is 1. The number of hydrogen-bond acceptors (Lipinski definition) is 4. The van der Waals surface area contributed by atoms with Crippen molar-refractivity contribution in [3.8, 4) is 0 Å². The van der Waals surface area contributed by atoms with Crippen LogP contribution in [0.1, 0.15) is 21.5 Å². The molecule has 5 nitrogen and oxygen atoms in total. The van der Waals surface area contributed by atoms with E-state index in [1.807, 2.05) is 0 Å². The first-order valence-electron chi connectivity index (χ1n) is 4.58. The predicted octanol–water partition coefficient (Wildman–Crippen LogP) is 1.07. The summed E-state index contributed by atoms with van der Waals surface area (Å²) in [6, 6.07) is 4.01. The lowest BCUT2D eigenvalue weighted by Crippen LogP contribution is -2.13. The second-order valence-corrected chi connectivity index (χ2v) is 5.82. The fourth-order valence-corrected chi connectivity index (χ4v) is 2.52. The Balaban J connectivity index is 3.48. The van der Waals surface area contributed by atoms with E-state index in [4.69, 9.17) is 22.1 Å². The number of ether oxygens (including phenoxy) is 1. The SMILES string of the molecule is COC(Cl)c1ccc(C(N)=O)cc1S(C)(=O)=O. The number of amides is 1. The van der Waals surface area contributed by atoms with Gasteiger partial charge in [0.05, 0.1) is 4.90 Å². The summed E-state index contributed by atoms with van der Waals surface area (Å²) in [5.74, 6) is -0.704. The van der Waals surface area contributed by atoms with Crippen LogP contribution < -0.4 is 5.73 Å². The molecule has 0 aliphatic heterocycles. The van der Waals surface area contributed by atoms with Gasteiger partial charge in [-0.1, -0.05) is 17.7 Å². The van der Waals surface area contributed by atoms with Crippen molar-refractivity contribution in [3.63, 3.8) is 0 Å². The van der Waals surface area contributed by atoms with Gasteiger partial charge in [-0.15, -0.1) is 0 Å². The number of benzene rings is 1. The number of carbonyl (C=O) groups excluding carboxylic acids is 1. The molecule has 1 amide bonds. The van der Waals surface area contributed by atoms with E-state index in [1.165, 1.54) is 25.3 Å². The number of carbonyl (C=O) groups is 1. The van der Waals surface area contributed by atoms with Crippen molar-refractivity contribution in [2.75, 3.05) is 13.4 Å². The minimum Gasteiger partial charge on any atom is -0.366 e. The first kappa shape index (κ1) is 14.0. The Hall–Kier alpha value is -1.11. The van der Waals surface area contributed by atoms with Crippen LogP contribution in [0.15, 0.2) is 23.1 Å². The van der Waals surface area contributed by atoms with Crippen LogP contribution in [0.3, 0.4) is 0 Å². The highest BCUT2D eigenvalue weighted by molar-refractivity contribution is 7.90. The van der Waals surface area contributed by atoms with Crippen LogP contribution in [-0.4, -0.2) is 27.7 Å². The number of hydrogen-bond donors (Lipinski definition) is 1. The minimum atomic E-state index is -3.52. The number of alkyl halides is 1. The molecule has 0 fully saturated rings. The summed E-state index contributed by atoms with van der Waals surface area (Å²) >= 11 is 5.83. The Labute approximate surface area is 104 Å². The molecule has 17 heavy (non-hydrogen) atoms. The summed E-state index contributed by atoms with van der Waals surface area (Å²) in [5, 5.41) is 0. The molecule has 0 aliphatic carbocycles. The van der Waals surface area contributed by atoms with Crippen LogP contribution in [-0.2, 0) is 14.6 Å². The standard InChI is InChI=1S/C10H12ClNO4S/c1-16-9(11)7-4-3-6(10(12)13)5-8(7)17(2,14)15/h3-5,9H,1-2H3,(H2,12,13). The molecule has 0 spiro atoms. The largest absolute Gasteiger partial charge is 0.366 e. The maximum Gasteiger partial charge on any atom is 0.248 e. The van der Waals surface area contributed by atoms with Gasteiger partial charge in [-0.05, 0) is 12.1 Å². The maximum absolute atomic E-state index is 11.6. The topological polar surface area (TPSA) is 86.5 Å². The van der Waals surface area contributed by atoms with E-state index in [-0.39, 0.29) is 16.0 Å². The van der Waals surface area contributed by atoms with Crippen LogP contribution in [0.5, 0.6) is 0 Å². The van der Waals surface area contributed by atoms with Crippen LogP contribution in [0, 0.1) is 0 Å². The van der Waals surface area contributed by atoms with Crippen molar-refractivity contribution in [2.45, 2.75) is 10.5 Å². The Morgan fingerprint density at radius 3 is 2.47 bits per heavy atom. The molecule has 0 saturated carbocycles. The van der Waals surface area contributed by atoms with Gasteiger partial charge in [0, 0.05) is 24.5 Å². The van der Waals surface area contributed by atoms with Crippen molar-refractivity contribution in [1.82, 2.24) is 0 Å². The number of sulfone groups is 1. The molecule has 0 saturated heterocycles. The average molecular weight is 278 g/mol. The number of nitrogens with two attached hydrogens (primary N) is 1. The molecule has 94 valence electrons. The van der Waals surface area contributed by atoms with E-state index < -0.39 is 21.3 Å². The minimum absolute atomic E-state index is 0.0596. The molecular formula is C10H12ClNO4S. The van der Waals surface area contributed by atoms with Crippen molar-refractivity contribution < 1.29 is 17.9 Å². The van der Waals surface area contributed by atoms with E-state index in [9.17, 15) is 13.2 Å². The first-order chi connectivity index (χ1) is 7.77. The molecule has 7 heteroatoms. The Morgan fingerprint density at radius 2 is 2.06 bits per heavy atom. The molecular weight excluding hydrogens is 266 g/mol. The Morgan fingerprint density at radius 1 is 1.47 bits per heavy atom. The molecule has 0 aromatic heterocycles. The molecule has 1 atom stereocenters. The highest BCUT2D eigenvalue weighted by Gasteiger charge is 2.20. The van der Waals surface area contributed by atoms with Crippen LogP contribution in [0.4, 0.5) is 0 Å². The average Bonchev–Trinajstić information content (AvgIpc) is 2.26. The van der Waals surface area contributed by atoms with Crippen LogP contribution >= 0.6 is 11.6 Å². The van der Waals surface area contributed by atoms with Gasteiger partial charge >= 0.3 is 0 Å². The molecule has 2 N–H and O–H groups in total. The number of primary amides is 1. The highest BCUT2D eigenvalue weighted by Crippen LogP contribution is 2.28. The lowest BCUT2D eigenvalue weighted by atomic mass is 10.1. The van der Waals surface area contributed by atoms with Crippen molar-refractivity contribution in [3.05, 3.63) is 29.3 Å².